The van der Waals surface area contributed by atoms with Crippen molar-refractivity contribution in [3.8, 4) is 5.69 Å². The molecule has 0 saturated carbocycles. The Kier molecular flexibility index (Phi) is 3.70. The molecule has 0 aliphatic carbocycles. The summed E-state index contributed by atoms with van der Waals surface area (Å²) in [6.45, 7) is 0. The Morgan fingerprint density at radius 1 is 0.514 bits per heavy atom. The lowest BCUT2D eigenvalue weighted by Gasteiger charge is -2.09. The lowest BCUT2D eigenvalue weighted by Crippen LogP contribution is -1.93. The summed E-state index contributed by atoms with van der Waals surface area (Å²) >= 11 is 1.86. The first-order valence-electron chi connectivity index (χ1n) is 12.5. The van der Waals surface area contributed by atoms with Gasteiger partial charge in [0, 0.05) is 52.8 Å². The van der Waals surface area contributed by atoms with Crippen LogP contribution in [0, 0.1) is 0 Å². The second-order valence-electron chi connectivity index (χ2n) is 9.73. The molecule has 0 saturated heterocycles. The number of rotatable bonds is 1. The topological polar surface area (TPSA) is 18.1 Å². The molecule has 0 fully saturated rings. The Labute approximate surface area is 215 Å². The molecule has 2 nitrogen and oxygen atoms in total. The van der Waals surface area contributed by atoms with E-state index in [-0.39, 0.29) is 0 Å². The van der Waals surface area contributed by atoms with Gasteiger partial charge in [-0.15, -0.1) is 11.3 Å². The van der Waals surface area contributed by atoms with Gasteiger partial charge in [-0.1, -0.05) is 72.8 Å². The van der Waals surface area contributed by atoms with Crippen LogP contribution in [-0.4, -0.2) is 4.57 Å². The third-order valence-electron chi connectivity index (χ3n) is 7.78. The molecule has 172 valence electrons. The van der Waals surface area contributed by atoms with Crippen LogP contribution in [0.3, 0.4) is 0 Å². The maximum absolute atomic E-state index is 6.52. The van der Waals surface area contributed by atoms with Crippen LogP contribution >= 0.6 is 11.3 Å². The summed E-state index contributed by atoms with van der Waals surface area (Å²) in [6, 6.07) is 41.6. The van der Waals surface area contributed by atoms with E-state index in [0.29, 0.717) is 0 Å². The minimum absolute atomic E-state index is 0.931. The van der Waals surface area contributed by atoms with E-state index in [1.54, 1.807) is 0 Å². The van der Waals surface area contributed by atoms with E-state index in [1.165, 1.54) is 63.8 Å². The van der Waals surface area contributed by atoms with Crippen LogP contribution < -0.4 is 0 Å². The molecule has 0 atom stereocenters. The van der Waals surface area contributed by atoms with Crippen molar-refractivity contribution in [2.45, 2.75) is 0 Å². The fourth-order valence-corrected chi connectivity index (χ4v) is 7.32. The van der Waals surface area contributed by atoms with Crippen molar-refractivity contribution in [2.24, 2.45) is 0 Å². The van der Waals surface area contributed by atoms with E-state index in [2.05, 4.69) is 114 Å². The number of benzene rings is 6. The van der Waals surface area contributed by atoms with E-state index < -0.39 is 0 Å². The quantitative estimate of drug-likeness (QED) is 0.224. The number of fused-ring (bicyclic) bond motifs is 12. The van der Waals surface area contributed by atoms with Crippen molar-refractivity contribution < 1.29 is 4.42 Å². The second-order valence-corrected chi connectivity index (χ2v) is 10.8. The molecule has 0 spiro atoms. The maximum Gasteiger partial charge on any atom is 0.143 e. The summed E-state index contributed by atoms with van der Waals surface area (Å²) in [7, 11) is 0. The monoisotopic (exact) mass is 489 g/mol. The van der Waals surface area contributed by atoms with Crippen LogP contribution in [0.15, 0.2) is 120 Å². The average molecular weight is 490 g/mol. The molecule has 37 heavy (non-hydrogen) atoms. The summed E-state index contributed by atoms with van der Waals surface area (Å²) in [5.41, 5.74) is 5.48. The maximum atomic E-state index is 6.52. The standard InChI is InChI=1S/C34H19NOS/c1-4-10-27-26(9-1)33-28(35(27)21-15-17-24-23-8-3-6-12-30(23)37-31(24)19-21)18-14-20-13-16-25-22-7-2-5-11-29(22)36-34(25)32(20)33/h1-19H. The van der Waals surface area contributed by atoms with Gasteiger partial charge in [-0.25, -0.2) is 0 Å². The minimum atomic E-state index is 0.931. The number of aromatic nitrogens is 1. The summed E-state index contributed by atoms with van der Waals surface area (Å²) < 4.78 is 11.6. The zero-order chi connectivity index (χ0) is 24.1. The van der Waals surface area contributed by atoms with Crippen LogP contribution in [0.5, 0.6) is 0 Å². The van der Waals surface area contributed by atoms with Gasteiger partial charge < -0.3 is 8.98 Å². The van der Waals surface area contributed by atoms with Crippen LogP contribution in [0.4, 0.5) is 0 Å². The van der Waals surface area contributed by atoms with Crippen LogP contribution in [0.1, 0.15) is 0 Å². The number of nitrogens with zero attached hydrogens (tertiary/aromatic N) is 1. The van der Waals surface area contributed by atoms with E-state index in [1.807, 2.05) is 17.4 Å². The lowest BCUT2D eigenvalue weighted by molar-refractivity contribution is 0.673. The number of para-hydroxylation sites is 2. The third-order valence-corrected chi connectivity index (χ3v) is 8.92. The van der Waals surface area contributed by atoms with Crippen molar-refractivity contribution >= 4 is 86.0 Å². The summed E-state index contributed by atoms with van der Waals surface area (Å²) in [5, 5.41) is 9.84. The van der Waals surface area contributed by atoms with Gasteiger partial charge in [-0.05, 0) is 47.9 Å². The summed E-state index contributed by atoms with van der Waals surface area (Å²) in [4.78, 5) is 0. The van der Waals surface area contributed by atoms with Gasteiger partial charge >= 0.3 is 0 Å². The van der Waals surface area contributed by atoms with Crippen LogP contribution in [0.25, 0.3) is 80.4 Å². The molecule has 0 amide bonds. The van der Waals surface area contributed by atoms with Crippen LogP contribution in [0.2, 0.25) is 0 Å². The van der Waals surface area contributed by atoms with Gasteiger partial charge in [-0.2, -0.15) is 0 Å². The largest absolute Gasteiger partial charge is 0.455 e. The van der Waals surface area contributed by atoms with Gasteiger partial charge in [-0.3, -0.25) is 0 Å². The van der Waals surface area contributed by atoms with Crippen molar-refractivity contribution in [2.75, 3.05) is 0 Å². The highest BCUT2D eigenvalue weighted by Crippen LogP contribution is 2.43. The fraction of sp³-hybridized carbons (Fsp3) is 0. The number of furan rings is 1. The normalized spacial score (nSPS) is 12.3. The molecule has 3 aromatic heterocycles. The number of thiophene rings is 1. The van der Waals surface area contributed by atoms with Crippen molar-refractivity contribution in [3.05, 3.63) is 115 Å². The Balaban J connectivity index is 1.45. The molecule has 3 heterocycles. The van der Waals surface area contributed by atoms with Crippen molar-refractivity contribution in [1.82, 2.24) is 4.57 Å². The van der Waals surface area contributed by atoms with Crippen LogP contribution in [-0.2, 0) is 0 Å². The third kappa shape index (κ3) is 2.54. The van der Waals surface area contributed by atoms with Gasteiger partial charge in [0.1, 0.15) is 11.2 Å². The van der Waals surface area contributed by atoms with Gasteiger partial charge in [0.2, 0.25) is 0 Å². The molecule has 0 bridgehead atoms. The van der Waals surface area contributed by atoms with E-state index in [4.69, 9.17) is 4.42 Å². The zero-order valence-electron chi connectivity index (χ0n) is 19.7. The van der Waals surface area contributed by atoms with Crippen molar-refractivity contribution in [1.29, 1.82) is 0 Å². The smallest absolute Gasteiger partial charge is 0.143 e. The molecule has 0 aliphatic rings. The minimum Gasteiger partial charge on any atom is -0.455 e. The van der Waals surface area contributed by atoms with Gasteiger partial charge in [0.15, 0.2) is 0 Å². The molecule has 0 unspecified atom stereocenters. The molecule has 6 aromatic carbocycles. The highest BCUT2D eigenvalue weighted by molar-refractivity contribution is 7.25. The highest BCUT2D eigenvalue weighted by atomic mass is 32.1. The molecular weight excluding hydrogens is 470 g/mol. The second kappa shape index (κ2) is 7.00. The zero-order valence-corrected chi connectivity index (χ0v) is 20.5. The summed E-state index contributed by atoms with van der Waals surface area (Å²) in [5.74, 6) is 0. The first-order valence-corrected chi connectivity index (χ1v) is 13.3. The predicted octanol–water partition coefficient (Wildman–Crippen LogP) is 10.2. The first kappa shape index (κ1) is 19.6. The molecule has 3 heteroatoms. The predicted molar refractivity (Wildman–Crippen MR) is 158 cm³/mol. The lowest BCUT2D eigenvalue weighted by atomic mass is 10.0. The molecule has 0 N–H and O–H groups in total. The average Bonchev–Trinajstić information content (AvgIpc) is 3.61. The SMILES string of the molecule is c1ccc2c(c1)oc1c2ccc2ccc3c(c4ccccc4n3-c3ccc4c(c3)sc3ccccc34)c21. The fourth-order valence-electron chi connectivity index (χ4n) is 6.18. The number of hydrogen-bond donors (Lipinski definition) is 0. The summed E-state index contributed by atoms with van der Waals surface area (Å²) in [6.07, 6.45) is 0. The van der Waals surface area contributed by atoms with E-state index >= 15 is 0 Å². The Bertz CT molecular complexity index is 2370. The van der Waals surface area contributed by atoms with E-state index in [0.717, 1.165) is 16.6 Å². The molecule has 9 rings (SSSR count). The Morgan fingerprint density at radius 3 is 2.19 bits per heavy atom. The number of hydrogen-bond acceptors (Lipinski definition) is 2. The molecular formula is C34H19NOS. The molecule has 9 aromatic rings. The molecule has 0 aliphatic heterocycles. The van der Waals surface area contributed by atoms with Gasteiger partial charge in [0.05, 0.1) is 11.0 Å². The Hall–Kier alpha value is -4.60. The Morgan fingerprint density at radius 2 is 1.24 bits per heavy atom. The molecule has 0 radical (unpaired) electrons. The van der Waals surface area contributed by atoms with E-state index in [9.17, 15) is 0 Å². The first-order chi connectivity index (χ1) is 18.3. The highest BCUT2D eigenvalue weighted by Gasteiger charge is 2.19. The van der Waals surface area contributed by atoms with Gasteiger partial charge in [0.25, 0.3) is 0 Å². The van der Waals surface area contributed by atoms with Crippen molar-refractivity contribution in [3.63, 3.8) is 0 Å².